The Morgan fingerprint density at radius 1 is 1.73 bits per heavy atom. The summed E-state index contributed by atoms with van der Waals surface area (Å²) >= 11 is 2.92. The third-order valence-electron chi connectivity index (χ3n) is 1.01. The molecule has 58 valence electrons. The van der Waals surface area contributed by atoms with Crippen LogP contribution in [0.3, 0.4) is 0 Å². The number of nitro groups is 1. The van der Waals surface area contributed by atoms with Crippen LogP contribution in [0, 0.1) is 10.1 Å². The Morgan fingerprint density at radius 2 is 2.36 bits per heavy atom. The zero-order valence-corrected chi connectivity index (χ0v) is 6.78. The van der Waals surface area contributed by atoms with Gasteiger partial charge < -0.3 is 15.2 Å². The summed E-state index contributed by atoms with van der Waals surface area (Å²) in [5.41, 5.74) is 0. The molecule has 1 heterocycles. The number of nitrogens with zero attached hydrogens (tertiary/aromatic N) is 2. The Bertz CT molecular complexity index is 302. The number of halogens is 1. The molecule has 0 saturated carbocycles. The van der Waals surface area contributed by atoms with Crippen molar-refractivity contribution < 1.29 is 10.0 Å². The van der Waals surface area contributed by atoms with Crippen LogP contribution in [0.1, 0.15) is 0 Å². The fourth-order valence-electron chi connectivity index (χ4n) is 0.513. The maximum Gasteiger partial charge on any atom is 0.364 e. The first-order valence-corrected chi connectivity index (χ1v) is 3.39. The van der Waals surface area contributed by atoms with Crippen molar-refractivity contribution in [3.05, 3.63) is 26.9 Å². The van der Waals surface area contributed by atoms with Crippen molar-refractivity contribution in [3.63, 3.8) is 0 Å². The molecule has 1 N–H and O–H groups in total. The van der Waals surface area contributed by atoms with E-state index in [1.54, 1.807) is 0 Å². The van der Waals surface area contributed by atoms with Crippen LogP contribution in [0.15, 0.2) is 16.7 Å². The highest BCUT2D eigenvalue weighted by atomic mass is 79.9. The van der Waals surface area contributed by atoms with Gasteiger partial charge in [-0.1, -0.05) is 0 Å². The maximum absolute atomic E-state index is 10.1. The molecule has 11 heavy (non-hydrogen) atoms. The maximum atomic E-state index is 10.1. The van der Waals surface area contributed by atoms with Crippen LogP contribution in [0.5, 0.6) is 5.75 Å². The highest BCUT2D eigenvalue weighted by Crippen LogP contribution is 2.24. The normalized spacial score (nSPS) is 9.55. The third-order valence-corrected chi connectivity index (χ3v) is 1.64. The molecule has 0 saturated heterocycles. The van der Waals surface area contributed by atoms with Crippen LogP contribution in [0.25, 0.3) is 0 Å². The van der Waals surface area contributed by atoms with Gasteiger partial charge in [0, 0.05) is 0 Å². The SMILES string of the molecule is O=[N+]([O-])c1cc(Br)c(O)cn1. The van der Waals surface area contributed by atoms with Gasteiger partial charge in [0.05, 0.1) is 10.5 Å². The molecule has 0 aliphatic rings. The van der Waals surface area contributed by atoms with Crippen LogP contribution in [0.2, 0.25) is 0 Å². The summed E-state index contributed by atoms with van der Waals surface area (Å²) in [4.78, 5) is 12.8. The molecule has 1 aromatic heterocycles. The predicted molar refractivity (Wildman–Crippen MR) is 40.3 cm³/mol. The minimum absolute atomic E-state index is 0.115. The number of aromatic hydroxyl groups is 1. The first-order chi connectivity index (χ1) is 5.11. The molecule has 6 heteroatoms. The van der Waals surface area contributed by atoms with Crippen molar-refractivity contribution in [1.29, 1.82) is 0 Å². The number of pyridine rings is 1. The molecule has 1 rings (SSSR count). The summed E-state index contributed by atoms with van der Waals surface area (Å²) in [7, 11) is 0. The second-order valence-corrected chi connectivity index (χ2v) is 2.61. The smallest absolute Gasteiger partial charge is 0.364 e. The Balaban J connectivity index is 3.15. The monoisotopic (exact) mass is 218 g/mol. The van der Waals surface area contributed by atoms with E-state index in [9.17, 15) is 10.1 Å². The third kappa shape index (κ3) is 1.64. The summed E-state index contributed by atoms with van der Waals surface area (Å²) in [5, 5.41) is 19.0. The van der Waals surface area contributed by atoms with Crippen LogP contribution < -0.4 is 0 Å². The fourth-order valence-corrected chi connectivity index (χ4v) is 0.820. The standard InChI is InChI=1S/C5H3BrN2O3/c6-3-1-5(8(10)11)7-2-4(3)9/h1-2,9H. The average Bonchev–Trinajstić information content (AvgIpc) is 1.94. The first kappa shape index (κ1) is 7.93. The van der Waals surface area contributed by atoms with Gasteiger partial charge in [0.15, 0.2) is 11.9 Å². The van der Waals surface area contributed by atoms with E-state index in [2.05, 4.69) is 20.9 Å². The first-order valence-electron chi connectivity index (χ1n) is 2.60. The molecule has 1 aromatic rings. The highest BCUT2D eigenvalue weighted by molar-refractivity contribution is 9.10. The van der Waals surface area contributed by atoms with E-state index < -0.39 is 4.92 Å². The topological polar surface area (TPSA) is 76.3 Å². The lowest BCUT2D eigenvalue weighted by Gasteiger charge is -1.93. The molecule has 0 atom stereocenters. The van der Waals surface area contributed by atoms with Crippen molar-refractivity contribution in [2.75, 3.05) is 0 Å². The van der Waals surface area contributed by atoms with Crippen LogP contribution >= 0.6 is 15.9 Å². The van der Waals surface area contributed by atoms with Crippen molar-refractivity contribution in [1.82, 2.24) is 4.98 Å². The molecule has 0 bridgehead atoms. The van der Waals surface area contributed by atoms with Crippen LogP contribution in [-0.2, 0) is 0 Å². The quantitative estimate of drug-likeness (QED) is 0.572. The van der Waals surface area contributed by atoms with Crippen molar-refractivity contribution in [2.45, 2.75) is 0 Å². The number of hydrogen-bond acceptors (Lipinski definition) is 4. The van der Waals surface area contributed by atoms with Gasteiger partial charge in [-0.25, -0.2) is 0 Å². The van der Waals surface area contributed by atoms with Crippen molar-refractivity contribution >= 4 is 21.7 Å². The molecule has 0 aromatic carbocycles. The lowest BCUT2D eigenvalue weighted by molar-refractivity contribution is -0.389. The van der Waals surface area contributed by atoms with Gasteiger partial charge in [-0.3, -0.25) is 0 Å². The molecular formula is C5H3BrN2O3. The van der Waals surface area contributed by atoms with Crippen LogP contribution in [-0.4, -0.2) is 15.0 Å². The summed E-state index contributed by atoms with van der Waals surface area (Å²) in [6.07, 6.45) is 1.02. The molecular weight excluding hydrogens is 216 g/mol. The van der Waals surface area contributed by atoms with Gasteiger partial charge in [-0.15, -0.1) is 0 Å². The largest absolute Gasteiger partial charge is 0.503 e. The van der Waals surface area contributed by atoms with Gasteiger partial charge in [-0.05, 0) is 25.8 Å². The zero-order chi connectivity index (χ0) is 8.43. The summed E-state index contributed by atoms with van der Waals surface area (Å²) in [5.74, 6) is -0.412. The summed E-state index contributed by atoms with van der Waals surface area (Å²) in [6.45, 7) is 0. The highest BCUT2D eigenvalue weighted by Gasteiger charge is 2.09. The molecule has 0 amide bonds. The Labute approximate surface area is 70.0 Å². The summed E-state index contributed by atoms with van der Waals surface area (Å²) < 4.78 is 0.263. The Hall–Kier alpha value is -1.17. The van der Waals surface area contributed by atoms with Gasteiger partial charge in [-0.2, -0.15) is 0 Å². The predicted octanol–water partition coefficient (Wildman–Crippen LogP) is 1.46. The Morgan fingerprint density at radius 3 is 2.82 bits per heavy atom. The Kier molecular flexibility index (Phi) is 2.04. The van der Waals surface area contributed by atoms with Gasteiger partial charge >= 0.3 is 5.82 Å². The number of hydrogen-bond donors (Lipinski definition) is 1. The van der Waals surface area contributed by atoms with Crippen molar-refractivity contribution in [3.8, 4) is 5.75 Å². The lowest BCUT2D eigenvalue weighted by atomic mass is 10.4. The molecule has 0 aliphatic heterocycles. The van der Waals surface area contributed by atoms with E-state index in [0.717, 1.165) is 12.3 Å². The van der Waals surface area contributed by atoms with E-state index in [0.29, 0.717) is 0 Å². The number of rotatable bonds is 1. The van der Waals surface area contributed by atoms with Crippen LogP contribution in [0.4, 0.5) is 5.82 Å². The summed E-state index contributed by atoms with van der Waals surface area (Å²) in [6, 6.07) is 1.13. The molecule has 0 spiro atoms. The molecule has 0 fully saturated rings. The zero-order valence-electron chi connectivity index (χ0n) is 5.19. The lowest BCUT2D eigenvalue weighted by Crippen LogP contribution is -1.90. The second kappa shape index (κ2) is 2.83. The molecule has 5 nitrogen and oxygen atoms in total. The van der Waals surface area contributed by atoms with Gasteiger partial charge in [0.1, 0.15) is 0 Å². The molecule has 0 radical (unpaired) electrons. The minimum atomic E-state index is -0.635. The van der Waals surface area contributed by atoms with E-state index in [1.807, 2.05) is 0 Å². The van der Waals surface area contributed by atoms with Gasteiger partial charge in [0.25, 0.3) is 0 Å². The fraction of sp³-hybridized carbons (Fsp3) is 0. The number of aromatic nitrogens is 1. The molecule has 0 unspecified atom stereocenters. The second-order valence-electron chi connectivity index (χ2n) is 1.75. The average molecular weight is 219 g/mol. The van der Waals surface area contributed by atoms with Gasteiger partial charge in [0.2, 0.25) is 0 Å². The van der Waals surface area contributed by atoms with E-state index in [1.165, 1.54) is 0 Å². The van der Waals surface area contributed by atoms with E-state index in [-0.39, 0.29) is 16.0 Å². The minimum Gasteiger partial charge on any atom is -0.503 e. The molecule has 0 aliphatic carbocycles. The van der Waals surface area contributed by atoms with Crippen molar-refractivity contribution in [2.24, 2.45) is 0 Å². The van der Waals surface area contributed by atoms with E-state index >= 15 is 0 Å². The van der Waals surface area contributed by atoms with E-state index in [4.69, 9.17) is 5.11 Å².